The van der Waals surface area contributed by atoms with Gasteiger partial charge in [-0.1, -0.05) is 36.2 Å². The molecule has 1 N–H and O–H groups in total. The predicted molar refractivity (Wildman–Crippen MR) is 113 cm³/mol. The van der Waals surface area contributed by atoms with E-state index in [1.165, 1.54) is 7.11 Å². The van der Waals surface area contributed by atoms with Crippen molar-refractivity contribution in [3.8, 4) is 5.75 Å². The Labute approximate surface area is 175 Å². The molecule has 2 aromatic carbocycles. The molecule has 0 heterocycles. The summed E-state index contributed by atoms with van der Waals surface area (Å²) in [5, 5.41) is 3.68. The predicted octanol–water partition coefficient (Wildman–Crippen LogP) is 3.86. The fourth-order valence-corrected chi connectivity index (χ4v) is 4.44. The number of anilines is 1. The SMILES string of the molecule is CC[C@H](C(=O)NCc1ccc(Cl)cc1Cl)N(c1ccc(OC)cc1)S(C)(=O)=O. The van der Waals surface area contributed by atoms with E-state index in [9.17, 15) is 13.2 Å². The average Bonchev–Trinajstić information content (AvgIpc) is 2.64. The summed E-state index contributed by atoms with van der Waals surface area (Å²) < 4.78 is 31.1. The third-order valence-electron chi connectivity index (χ3n) is 4.12. The summed E-state index contributed by atoms with van der Waals surface area (Å²) in [5.74, 6) is 0.168. The van der Waals surface area contributed by atoms with Gasteiger partial charge in [0.2, 0.25) is 15.9 Å². The zero-order chi connectivity index (χ0) is 20.9. The van der Waals surface area contributed by atoms with Crippen molar-refractivity contribution in [2.45, 2.75) is 25.9 Å². The molecule has 0 fully saturated rings. The van der Waals surface area contributed by atoms with E-state index >= 15 is 0 Å². The molecule has 0 saturated carbocycles. The molecule has 152 valence electrons. The van der Waals surface area contributed by atoms with Gasteiger partial charge in [0.05, 0.1) is 19.1 Å². The minimum Gasteiger partial charge on any atom is -0.497 e. The van der Waals surface area contributed by atoms with E-state index < -0.39 is 22.0 Å². The van der Waals surface area contributed by atoms with Crippen molar-refractivity contribution >= 4 is 44.8 Å². The molecule has 0 radical (unpaired) electrons. The van der Waals surface area contributed by atoms with E-state index in [4.69, 9.17) is 27.9 Å². The molecule has 0 aliphatic heterocycles. The summed E-state index contributed by atoms with van der Waals surface area (Å²) in [4.78, 5) is 12.8. The van der Waals surface area contributed by atoms with E-state index in [-0.39, 0.29) is 6.54 Å². The molecule has 1 atom stereocenters. The topological polar surface area (TPSA) is 75.7 Å². The van der Waals surface area contributed by atoms with Gasteiger partial charge >= 0.3 is 0 Å². The number of rotatable bonds is 8. The number of benzene rings is 2. The molecule has 2 aromatic rings. The van der Waals surface area contributed by atoms with Gasteiger partial charge in [0, 0.05) is 16.6 Å². The molecular formula is C19H22Cl2N2O4S. The van der Waals surface area contributed by atoms with Crippen LogP contribution in [0.25, 0.3) is 0 Å². The quantitative estimate of drug-likeness (QED) is 0.670. The first-order valence-corrected chi connectivity index (χ1v) is 11.1. The van der Waals surface area contributed by atoms with Gasteiger partial charge in [-0.15, -0.1) is 0 Å². The van der Waals surface area contributed by atoms with E-state index in [0.29, 0.717) is 33.5 Å². The number of carbonyl (C=O) groups excluding carboxylic acids is 1. The third-order valence-corrected chi connectivity index (χ3v) is 5.89. The van der Waals surface area contributed by atoms with Crippen molar-refractivity contribution in [1.29, 1.82) is 0 Å². The van der Waals surface area contributed by atoms with Crippen LogP contribution < -0.4 is 14.4 Å². The molecule has 6 nitrogen and oxygen atoms in total. The van der Waals surface area contributed by atoms with Gasteiger partial charge < -0.3 is 10.1 Å². The monoisotopic (exact) mass is 444 g/mol. The average molecular weight is 445 g/mol. The molecule has 0 spiro atoms. The van der Waals surface area contributed by atoms with Gasteiger partial charge in [0.15, 0.2) is 0 Å². The molecule has 0 aliphatic carbocycles. The fraction of sp³-hybridized carbons (Fsp3) is 0.316. The number of sulfonamides is 1. The van der Waals surface area contributed by atoms with E-state index in [2.05, 4.69) is 5.32 Å². The molecule has 28 heavy (non-hydrogen) atoms. The number of carbonyl (C=O) groups is 1. The molecular weight excluding hydrogens is 423 g/mol. The lowest BCUT2D eigenvalue weighted by Crippen LogP contribution is -2.49. The van der Waals surface area contributed by atoms with Gasteiger partial charge in [-0.3, -0.25) is 9.10 Å². The Morgan fingerprint density at radius 1 is 1.18 bits per heavy atom. The Kier molecular flexibility index (Phi) is 7.57. The van der Waals surface area contributed by atoms with Crippen LogP contribution in [-0.2, 0) is 21.4 Å². The highest BCUT2D eigenvalue weighted by atomic mass is 35.5. The Morgan fingerprint density at radius 2 is 1.82 bits per heavy atom. The molecule has 1 amide bonds. The maximum atomic E-state index is 12.8. The summed E-state index contributed by atoms with van der Waals surface area (Å²) in [5.41, 5.74) is 1.07. The standard InChI is InChI=1S/C19H22Cl2N2O4S/c1-4-18(19(24)22-12-13-5-6-14(20)11-17(13)21)23(28(3,25)26)15-7-9-16(27-2)10-8-15/h5-11,18H,4,12H2,1-3H3,(H,22,24)/t18-/m1/s1. The van der Waals surface area contributed by atoms with E-state index in [1.54, 1.807) is 49.4 Å². The van der Waals surface area contributed by atoms with Crippen molar-refractivity contribution in [1.82, 2.24) is 5.32 Å². The first-order chi connectivity index (χ1) is 13.2. The van der Waals surface area contributed by atoms with Gasteiger partial charge in [0.25, 0.3) is 0 Å². The summed E-state index contributed by atoms with van der Waals surface area (Å²) >= 11 is 12.0. The first kappa shape index (κ1) is 22.3. The highest BCUT2D eigenvalue weighted by molar-refractivity contribution is 7.92. The zero-order valence-corrected chi connectivity index (χ0v) is 18.1. The normalized spacial score (nSPS) is 12.3. The highest BCUT2D eigenvalue weighted by Crippen LogP contribution is 2.25. The number of hydrogen-bond acceptors (Lipinski definition) is 4. The molecule has 0 unspecified atom stereocenters. The maximum absolute atomic E-state index is 12.8. The van der Waals surface area contributed by atoms with Crippen molar-refractivity contribution in [3.05, 3.63) is 58.1 Å². The van der Waals surface area contributed by atoms with E-state index in [0.717, 1.165) is 10.6 Å². The lowest BCUT2D eigenvalue weighted by atomic mass is 10.1. The number of amides is 1. The molecule has 9 heteroatoms. The Hall–Kier alpha value is -1.96. The number of halogens is 2. The molecule has 0 saturated heterocycles. The Bertz CT molecular complexity index is 933. The molecule has 0 aliphatic rings. The zero-order valence-electron chi connectivity index (χ0n) is 15.8. The number of hydrogen-bond donors (Lipinski definition) is 1. The number of ether oxygens (including phenoxy) is 1. The smallest absolute Gasteiger partial charge is 0.244 e. The van der Waals surface area contributed by atoms with Crippen molar-refractivity contribution < 1.29 is 17.9 Å². The molecule has 0 bridgehead atoms. The third kappa shape index (κ3) is 5.53. The van der Waals surface area contributed by atoms with Crippen molar-refractivity contribution in [3.63, 3.8) is 0 Å². The number of methoxy groups -OCH3 is 1. The van der Waals surface area contributed by atoms with Crippen LogP contribution in [0.3, 0.4) is 0 Å². The molecule has 0 aromatic heterocycles. The Morgan fingerprint density at radius 3 is 2.32 bits per heavy atom. The summed E-state index contributed by atoms with van der Waals surface area (Å²) in [6.45, 7) is 1.91. The highest BCUT2D eigenvalue weighted by Gasteiger charge is 2.31. The van der Waals surface area contributed by atoms with Crippen molar-refractivity contribution in [2.75, 3.05) is 17.7 Å². The maximum Gasteiger partial charge on any atom is 0.244 e. The lowest BCUT2D eigenvalue weighted by molar-refractivity contribution is -0.122. The molecule has 2 rings (SSSR count). The largest absolute Gasteiger partial charge is 0.497 e. The second kappa shape index (κ2) is 9.49. The fourth-order valence-electron chi connectivity index (χ4n) is 2.75. The van der Waals surface area contributed by atoms with Gasteiger partial charge in [-0.25, -0.2) is 8.42 Å². The number of nitrogens with one attached hydrogen (secondary N) is 1. The minimum atomic E-state index is -3.70. The van der Waals surface area contributed by atoms with Gasteiger partial charge in [-0.2, -0.15) is 0 Å². The van der Waals surface area contributed by atoms with Crippen LogP contribution in [0.2, 0.25) is 10.0 Å². The van der Waals surface area contributed by atoms with Crippen LogP contribution in [0.5, 0.6) is 5.75 Å². The second-order valence-corrected chi connectivity index (χ2v) is 8.84. The van der Waals surface area contributed by atoms with Crippen molar-refractivity contribution in [2.24, 2.45) is 0 Å². The Balaban J connectivity index is 2.25. The summed E-state index contributed by atoms with van der Waals surface area (Å²) in [6, 6.07) is 10.6. The van der Waals surface area contributed by atoms with Crippen LogP contribution in [-0.4, -0.2) is 33.7 Å². The summed E-state index contributed by atoms with van der Waals surface area (Å²) in [6.07, 6.45) is 1.36. The van der Waals surface area contributed by atoms with Crippen LogP contribution >= 0.6 is 23.2 Å². The second-order valence-electron chi connectivity index (χ2n) is 6.13. The van der Waals surface area contributed by atoms with Crippen LogP contribution in [0.1, 0.15) is 18.9 Å². The van der Waals surface area contributed by atoms with Gasteiger partial charge in [-0.05, 0) is 48.4 Å². The van der Waals surface area contributed by atoms with Crippen LogP contribution in [0.15, 0.2) is 42.5 Å². The van der Waals surface area contributed by atoms with Gasteiger partial charge in [0.1, 0.15) is 11.8 Å². The first-order valence-electron chi connectivity index (χ1n) is 8.52. The van der Waals surface area contributed by atoms with E-state index in [1.807, 2.05) is 0 Å². The van der Waals surface area contributed by atoms with Crippen LogP contribution in [0.4, 0.5) is 5.69 Å². The van der Waals surface area contributed by atoms with Crippen LogP contribution in [0, 0.1) is 0 Å². The lowest BCUT2D eigenvalue weighted by Gasteiger charge is -2.30. The minimum absolute atomic E-state index is 0.158. The summed E-state index contributed by atoms with van der Waals surface area (Å²) in [7, 11) is -2.18. The number of nitrogens with zero attached hydrogens (tertiary/aromatic N) is 1.